The molecular formula is C12H10NO3S-. The molecule has 0 bridgehead atoms. The summed E-state index contributed by atoms with van der Waals surface area (Å²) in [7, 11) is -2.51. The second kappa shape index (κ2) is 4.88. The summed E-state index contributed by atoms with van der Waals surface area (Å²) in [5, 5.41) is 11.2. The van der Waals surface area contributed by atoms with Crippen LogP contribution in [-0.4, -0.2) is 13.1 Å². The molecule has 0 aliphatic heterocycles. The van der Waals surface area contributed by atoms with E-state index in [4.69, 9.17) is 0 Å². The van der Waals surface area contributed by atoms with Gasteiger partial charge in [0.05, 0.1) is 0 Å². The molecule has 88 valence electrons. The summed E-state index contributed by atoms with van der Waals surface area (Å²) in [6, 6.07) is 12.7. The molecule has 5 heteroatoms. The van der Waals surface area contributed by atoms with Crippen LogP contribution in [0.15, 0.2) is 48.7 Å². The van der Waals surface area contributed by atoms with Crippen molar-refractivity contribution in [3.05, 3.63) is 69.6 Å². The smallest absolute Gasteiger partial charge is 0.238 e. The van der Waals surface area contributed by atoms with Crippen LogP contribution in [0.2, 0.25) is 0 Å². The molecule has 17 heavy (non-hydrogen) atoms. The normalized spacial score (nSPS) is 10.1. The Morgan fingerprint density at radius 3 is 2.41 bits per heavy atom. The minimum atomic E-state index is -2.51. The van der Waals surface area contributed by atoms with E-state index in [-0.39, 0.29) is 4.64 Å². The van der Waals surface area contributed by atoms with Crippen molar-refractivity contribution in [1.29, 1.82) is 0 Å². The SMILES string of the molecule is O=S(=O)=c1cc(Cc2ccccc2)ccn1[O-]. The first-order chi connectivity index (χ1) is 8.16. The number of nitrogens with zero attached hydrogens (tertiary/aromatic N) is 1. The van der Waals surface area contributed by atoms with Gasteiger partial charge in [0.1, 0.15) is 0 Å². The van der Waals surface area contributed by atoms with E-state index in [0.29, 0.717) is 11.2 Å². The fourth-order valence-corrected chi connectivity index (χ4v) is 2.03. The highest BCUT2D eigenvalue weighted by molar-refractivity contribution is 7.63. The van der Waals surface area contributed by atoms with Gasteiger partial charge in [-0.3, -0.25) is 0 Å². The minimum Gasteiger partial charge on any atom is -0.805 e. The fourth-order valence-electron chi connectivity index (χ4n) is 1.57. The minimum absolute atomic E-state index is 0.251. The number of hydrogen-bond acceptors (Lipinski definition) is 3. The van der Waals surface area contributed by atoms with Gasteiger partial charge in [0.25, 0.3) is 0 Å². The molecule has 2 rings (SSSR count). The molecule has 0 saturated carbocycles. The van der Waals surface area contributed by atoms with Gasteiger partial charge in [0, 0.05) is 0 Å². The van der Waals surface area contributed by atoms with E-state index >= 15 is 0 Å². The topological polar surface area (TPSA) is 62.1 Å². The largest absolute Gasteiger partial charge is 0.805 e. The lowest BCUT2D eigenvalue weighted by atomic mass is 10.1. The van der Waals surface area contributed by atoms with Gasteiger partial charge in [0.2, 0.25) is 10.3 Å². The average molecular weight is 248 g/mol. The van der Waals surface area contributed by atoms with Crippen LogP contribution in [0.3, 0.4) is 0 Å². The zero-order valence-electron chi connectivity index (χ0n) is 8.91. The van der Waals surface area contributed by atoms with Crippen LogP contribution in [0.4, 0.5) is 0 Å². The fraction of sp³-hybridized carbons (Fsp3) is 0.0833. The van der Waals surface area contributed by atoms with Gasteiger partial charge >= 0.3 is 0 Å². The molecule has 1 heterocycles. The van der Waals surface area contributed by atoms with Crippen LogP contribution < -0.4 is 0 Å². The van der Waals surface area contributed by atoms with Crippen molar-refractivity contribution < 1.29 is 8.42 Å². The molecule has 0 amide bonds. The van der Waals surface area contributed by atoms with Crippen molar-refractivity contribution in [2.45, 2.75) is 6.42 Å². The van der Waals surface area contributed by atoms with Crippen molar-refractivity contribution >= 4 is 10.3 Å². The highest BCUT2D eigenvalue weighted by Gasteiger charge is 1.96. The summed E-state index contributed by atoms with van der Waals surface area (Å²) in [6.07, 6.45) is 1.81. The first-order valence-corrected chi connectivity index (χ1v) is 6.09. The highest BCUT2D eigenvalue weighted by Crippen LogP contribution is 2.08. The Labute approximate surface area is 99.9 Å². The second-order valence-corrected chi connectivity index (χ2v) is 4.48. The Kier molecular flexibility index (Phi) is 3.30. The van der Waals surface area contributed by atoms with Crippen molar-refractivity contribution in [2.75, 3.05) is 0 Å². The van der Waals surface area contributed by atoms with Crippen LogP contribution in [0, 0.1) is 9.85 Å². The van der Waals surface area contributed by atoms with Gasteiger partial charge in [-0.1, -0.05) is 30.3 Å². The zero-order valence-corrected chi connectivity index (χ0v) is 9.72. The summed E-state index contributed by atoms with van der Waals surface area (Å²) in [6.45, 7) is 0. The van der Waals surface area contributed by atoms with Crippen molar-refractivity contribution in [3.8, 4) is 0 Å². The molecule has 1 aromatic heterocycles. The predicted molar refractivity (Wildman–Crippen MR) is 64.6 cm³/mol. The van der Waals surface area contributed by atoms with E-state index in [9.17, 15) is 13.6 Å². The lowest BCUT2D eigenvalue weighted by Gasteiger charge is -2.10. The standard InChI is InChI=1S/C12H10NO3S/c14-13-7-6-11(9-12(13)17(15)16)8-10-4-2-1-3-5-10/h1-7,9H,8H2/q-1. The summed E-state index contributed by atoms with van der Waals surface area (Å²) in [5.41, 5.74) is 1.86. The van der Waals surface area contributed by atoms with Gasteiger partial charge in [-0.25, -0.2) is 0 Å². The van der Waals surface area contributed by atoms with Crippen LogP contribution in [0.1, 0.15) is 11.1 Å². The highest BCUT2D eigenvalue weighted by atomic mass is 32.2. The summed E-state index contributed by atoms with van der Waals surface area (Å²) in [5.74, 6) is 0. The van der Waals surface area contributed by atoms with E-state index in [1.807, 2.05) is 30.3 Å². The second-order valence-electron chi connectivity index (χ2n) is 3.60. The Balaban J connectivity index is 2.43. The Bertz CT molecular complexity index is 679. The number of hydrogen-bond donors (Lipinski definition) is 0. The maximum Gasteiger partial charge on any atom is 0.238 e. The third-order valence-electron chi connectivity index (χ3n) is 2.37. The van der Waals surface area contributed by atoms with Crippen LogP contribution in [-0.2, 0) is 16.7 Å². The van der Waals surface area contributed by atoms with Gasteiger partial charge < -0.3 is 9.94 Å². The third-order valence-corrected chi connectivity index (χ3v) is 3.01. The van der Waals surface area contributed by atoms with E-state index in [1.165, 1.54) is 12.3 Å². The molecule has 4 nitrogen and oxygen atoms in total. The molecule has 0 spiro atoms. The van der Waals surface area contributed by atoms with Gasteiger partial charge in [-0.15, -0.1) is 0 Å². The van der Waals surface area contributed by atoms with Crippen LogP contribution >= 0.6 is 0 Å². The van der Waals surface area contributed by atoms with Crippen molar-refractivity contribution in [3.63, 3.8) is 0 Å². The maximum absolute atomic E-state index is 11.2. The molecule has 0 unspecified atom stereocenters. The molecule has 0 aliphatic carbocycles. The first-order valence-electron chi connectivity index (χ1n) is 5.02. The van der Waals surface area contributed by atoms with E-state index < -0.39 is 10.3 Å². The molecule has 0 saturated heterocycles. The zero-order chi connectivity index (χ0) is 12.3. The van der Waals surface area contributed by atoms with Crippen molar-refractivity contribution in [2.24, 2.45) is 0 Å². The Morgan fingerprint density at radius 1 is 1.06 bits per heavy atom. The summed E-state index contributed by atoms with van der Waals surface area (Å²) >= 11 is 0. The Hall–Kier alpha value is -2.01. The average Bonchev–Trinajstić information content (AvgIpc) is 2.32. The molecule has 0 fully saturated rings. The van der Waals surface area contributed by atoms with Crippen LogP contribution in [0.5, 0.6) is 0 Å². The molecule has 0 aliphatic rings. The Morgan fingerprint density at radius 2 is 1.76 bits per heavy atom. The van der Waals surface area contributed by atoms with E-state index in [0.717, 1.165) is 11.1 Å². The summed E-state index contributed by atoms with van der Waals surface area (Å²) in [4.78, 5) is 0. The number of rotatable bonds is 2. The molecule has 2 aromatic rings. The van der Waals surface area contributed by atoms with E-state index in [1.54, 1.807) is 6.07 Å². The van der Waals surface area contributed by atoms with E-state index in [2.05, 4.69) is 0 Å². The first kappa shape index (κ1) is 11.5. The quantitative estimate of drug-likeness (QED) is 0.762. The summed E-state index contributed by atoms with van der Waals surface area (Å²) < 4.78 is 21.7. The lowest BCUT2D eigenvalue weighted by Crippen LogP contribution is -1.95. The molecule has 1 aromatic carbocycles. The predicted octanol–water partition coefficient (Wildman–Crippen LogP) is 1.84. The number of benzene rings is 1. The maximum atomic E-state index is 11.2. The number of aromatic nitrogens is 1. The van der Waals surface area contributed by atoms with Gasteiger partial charge in [-0.2, -0.15) is 8.42 Å². The molecule has 0 atom stereocenters. The van der Waals surface area contributed by atoms with Crippen molar-refractivity contribution in [1.82, 2.24) is 4.73 Å². The lowest BCUT2D eigenvalue weighted by molar-refractivity contribution is 0.623. The third kappa shape index (κ3) is 2.76. The monoisotopic (exact) mass is 248 g/mol. The molecule has 0 radical (unpaired) electrons. The number of pyridine rings is 1. The van der Waals surface area contributed by atoms with Gasteiger partial charge in [0.15, 0.2) is 4.64 Å². The molecular weight excluding hydrogens is 238 g/mol. The van der Waals surface area contributed by atoms with Crippen LogP contribution in [0.25, 0.3) is 0 Å². The van der Waals surface area contributed by atoms with Gasteiger partial charge in [-0.05, 0) is 35.9 Å². The molecule has 0 N–H and O–H groups in total.